The predicted molar refractivity (Wildman–Crippen MR) is 152 cm³/mol. The first kappa shape index (κ1) is 31.3. The summed E-state index contributed by atoms with van der Waals surface area (Å²) in [7, 11) is 0. The maximum atomic E-state index is 14.2. The zero-order valence-corrected chi connectivity index (χ0v) is 24.5. The van der Waals surface area contributed by atoms with Crippen molar-refractivity contribution in [3.63, 3.8) is 0 Å². The maximum Gasteiger partial charge on any atom is 0.408 e. The number of amides is 4. The first-order valence-corrected chi connectivity index (χ1v) is 15.9. The van der Waals surface area contributed by atoms with Crippen LogP contribution in [0.15, 0.2) is 0 Å². The molecule has 11 heteroatoms. The molecule has 1 heterocycles. The fraction of sp³-hybridized carbons (Fsp3) is 0.833. The van der Waals surface area contributed by atoms with Crippen molar-refractivity contribution in [2.45, 2.75) is 140 Å². The number of nitrogens with two attached hydrogens (primary N) is 1. The number of alkyl carbamates (subject to hydrolysis) is 1. The van der Waals surface area contributed by atoms with Crippen molar-refractivity contribution < 1.29 is 28.7 Å². The van der Waals surface area contributed by atoms with Gasteiger partial charge in [0, 0.05) is 12.6 Å². The van der Waals surface area contributed by atoms with Crippen LogP contribution in [0.4, 0.5) is 4.79 Å². The molecule has 0 radical (unpaired) electrons. The average molecular weight is 576 g/mol. The van der Waals surface area contributed by atoms with E-state index >= 15 is 0 Å². The van der Waals surface area contributed by atoms with Gasteiger partial charge in [-0.2, -0.15) is 0 Å². The second-order valence-corrected chi connectivity index (χ2v) is 12.5. The first-order chi connectivity index (χ1) is 19.8. The largest absolute Gasteiger partial charge is 0.446 e. The number of hydrogen-bond acceptors (Lipinski definition) is 7. The molecule has 5 N–H and O–H groups in total. The molecule has 1 saturated heterocycles. The molecule has 3 unspecified atom stereocenters. The summed E-state index contributed by atoms with van der Waals surface area (Å²) in [6.45, 7) is 2.41. The van der Waals surface area contributed by atoms with E-state index in [4.69, 9.17) is 10.5 Å². The number of ether oxygens (including phenoxy) is 1. The van der Waals surface area contributed by atoms with E-state index in [1.807, 2.05) is 6.92 Å². The normalized spacial score (nSPS) is 25.8. The van der Waals surface area contributed by atoms with Gasteiger partial charge >= 0.3 is 6.09 Å². The number of likely N-dealkylation sites (tertiary alicyclic amines) is 1. The van der Waals surface area contributed by atoms with Crippen LogP contribution in [-0.2, 0) is 23.9 Å². The van der Waals surface area contributed by atoms with Gasteiger partial charge in [0.15, 0.2) is 0 Å². The number of Topliss-reactive ketones (excluding diaryl/α,β-unsaturated/α-hetero) is 1. The SMILES string of the molecule is CC[C@@H]1CC(C(=O)NC(NC2CCC2)C(=O)C(N)=O)N(C(=O)C(NC(=O)OC2CCCCC2)C2CCCCCC2)C1. The highest BCUT2D eigenvalue weighted by Gasteiger charge is 2.44. The maximum absolute atomic E-state index is 14.2. The molecule has 0 bridgehead atoms. The molecular weight excluding hydrogens is 526 g/mol. The zero-order valence-electron chi connectivity index (χ0n) is 24.5. The van der Waals surface area contributed by atoms with E-state index in [0.717, 1.165) is 96.3 Å². The van der Waals surface area contributed by atoms with Crippen molar-refractivity contribution in [3.05, 3.63) is 0 Å². The van der Waals surface area contributed by atoms with Crippen LogP contribution in [0.1, 0.15) is 110 Å². The average Bonchev–Trinajstić information content (AvgIpc) is 3.20. The van der Waals surface area contributed by atoms with Crippen LogP contribution in [0.2, 0.25) is 0 Å². The number of hydrogen-bond donors (Lipinski definition) is 4. The van der Waals surface area contributed by atoms with Crippen molar-refractivity contribution in [2.24, 2.45) is 17.6 Å². The molecule has 0 aromatic heterocycles. The van der Waals surface area contributed by atoms with E-state index in [1.54, 1.807) is 4.90 Å². The van der Waals surface area contributed by atoms with Crippen molar-refractivity contribution in [3.8, 4) is 0 Å². The number of nitrogens with one attached hydrogen (secondary N) is 3. The quantitative estimate of drug-likeness (QED) is 0.167. The Morgan fingerprint density at radius 1 is 0.854 bits per heavy atom. The van der Waals surface area contributed by atoms with Gasteiger partial charge < -0.3 is 26.0 Å². The minimum Gasteiger partial charge on any atom is -0.446 e. The van der Waals surface area contributed by atoms with Gasteiger partial charge in [-0.05, 0) is 69.6 Å². The number of rotatable bonds is 11. The number of ketones is 1. The van der Waals surface area contributed by atoms with Crippen LogP contribution in [0.3, 0.4) is 0 Å². The van der Waals surface area contributed by atoms with Gasteiger partial charge in [-0.1, -0.05) is 51.9 Å². The topological polar surface area (TPSA) is 160 Å². The van der Waals surface area contributed by atoms with E-state index in [1.165, 1.54) is 0 Å². The Balaban J connectivity index is 1.50. The van der Waals surface area contributed by atoms with E-state index < -0.39 is 41.9 Å². The first-order valence-electron chi connectivity index (χ1n) is 15.9. The summed E-state index contributed by atoms with van der Waals surface area (Å²) in [6.07, 6.45) is 12.7. The molecule has 4 fully saturated rings. The fourth-order valence-corrected chi connectivity index (χ4v) is 6.78. The van der Waals surface area contributed by atoms with E-state index in [2.05, 4.69) is 16.0 Å². The summed E-state index contributed by atoms with van der Waals surface area (Å²) in [6, 6.07) is -1.58. The summed E-state index contributed by atoms with van der Waals surface area (Å²) in [5, 5.41) is 8.67. The Labute approximate surface area is 243 Å². The molecule has 0 aromatic carbocycles. The molecule has 4 aliphatic rings. The van der Waals surface area contributed by atoms with Crippen LogP contribution >= 0.6 is 0 Å². The second-order valence-electron chi connectivity index (χ2n) is 12.5. The predicted octanol–water partition coefficient (Wildman–Crippen LogP) is 2.65. The Bertz CT molecular complexity index is 942. The lowest BCUT2D eigenvalue weighted by atomic mass is 9.90. The Morgan fingerprint density at radius 2 is 1.49 bits per heavy atom. The molecule has 0 aromatic rings. The molecule has 3 saturated carbocycles. The molecular formula is C30H49N5O6. The second kappa shape index (κ2) is 15.0. The van der Waals surface area contributed by atoms with E-state index in [-0.39, 0.29) is 29.9 Å². The molecule has 0 spiro atoms. The number of carbonyl (C=O) groups excluding carboxylic acids is 5. The van der Waals surface area contributed by atoms with Crippen molar-refractivity contribution in [1.82, 2.24) is 20.9 Å². The van der Waals surface area contributed by atoms with Crippen LogP contribution in [0.5, 0.6) is 0 Å². The van der Waals surface area contributed by atoms with Gasteiger partial charge in [-0.25, -0.2) is 4.79 Å². The molecule has 230 valence electrons. The van der Waals surface area contributed by atoms with Crippen LogP contribution in [0, 0.1) is 11.8 Å². The summed E-state index contributed by atoms with van der Waals surface area (Å²) in [5.74, 6) is -2.75. The zero-order chi connectivity index (χ0) is 29.4. The molecule has 1 aliphatic heterocycles. The van der Waals surface area contributed by atoms with Gasteiger partial charge in [0.05, 0.1) is 0 Å². The highest BCUT2D eigenvalue weighted by molar-refractivity contribution is 6.37. The molecule has 4 atom stereocenters. The highest BCUT2D eigenvalue weighted by atomic mass is 16.6. The Hall–Kier alpha value is -2.69. The third kappa shape index (κ3) is 8.42. The lowest BCUT2D eigenvalue weighted by Gasteiger charge is -2.34. The molecule has 4 rings (SSSR count). The third-order valence-corrected chi connectivity index (χ3v) is 9.59. The van der Waals surface area contributed by atoms with Crippen molar-refractivity contribution >= 4 is 29.6 Å². The standard InChI is InChI=1S/C30H49N5O6/c1-2-19-17-23(28(38)34-27(25(36)26(31)37)32-21-13-10-14-21)35(18-19)29(39)24(20-11-6-3-4-7-12-20)33-30(40)41-22-15-8-5-9-16-22/h19-24,27,32H,2-18H2,1H3,(H2,31,37)(H,33,40)(H,34,38)/t19-,23?,24?,27?/m1/s1. The van der Waals surface area contributed by atoms with Gasteiger partial charge in [0.25, 0.3) is 11.7 Å². The van der Waals surface area contributed by atoms with Crippen LogP contribution in [-0.4, -0.2) is 71.4 Å². The molecule has 4 amide bonds. The monoisotopic (exact) mass is 575 g/mol. The number of carbonyl (C=O) groups is 5. The minimum absolute atomic E-state index is 0.0206. The minimum atomic E-state index is -1.23. The Kier molecular flexibility index (Phi) is 11.4. The summed E-state index contributed by atoms with van der Waals surface area (Å²) < 4.78 is 5.74. The van der Waals surface area contributed by atoms with Gasteiger partial charge in [0.1, 0.15) is 24.4 Å². The number of primary amides is 1. The fourth-order valence-electron chi connectivity index (χ4n) is 6.78. The highest BCUT2D eigenvalue weighted by Crippen LogP contribution is 2.31. The van der Waals surface area contributed by atoms with Gasteiger partial charge in [0.2, 0.25) is 11.8 Å². The van der Waals surface area contributed by atoms with E-state index in [0.29, 0.717) is 13.0 Å². The van der Waals surface area contributed by atoms with Crippen molar-refractivity contribution in [2.75, 3.05) is 6.54 Å². The van der Waals surface area contributed by atoms with Gasteiger partial charge in [-0.15, -0.1) is 0 Å². The van der Waals surface area contributed by atoms with E-state index in [9.17, 15) is 24.0 Å². The lowest BCUT2D eigenvalue weighted by Crippen LogP contribution is -2.62. The Morgan fingerprint density at radius 3 is 2.07 bits per heavy atom. The smallest absolute Gasteiger partial charge is 0.408 e. The summed E-state index contributed by atoms with van der Waals surface area (Å²) in [4.78, 5) is 66.7. The summed E-state index contributed by atoms with van der Waals surface area (Å²) in [5.41, 5.74) is 5.27. The number of nitrogens with zero attached hydrogens (tertiary/aromatic N) is 1. The van der Waals surface area contributed by atoms with Crippen molar-refractivity contribution in [1.29, 1.82) is 0 Å². The molecule has 11 nitrogen and oxygen atoms in total. The molecule has 41 heavy (non-hydrogen) atoms. The van der Waals surface area contributed by atoms with Crippen LogP contribution < -0.4 is 21.7 Å². The van der Waals surface area contributed by atoms with Gasteiger partial charge in [-0.3, -0.25) is 24.5 Å². The lowest BCUT2D eigenvalue weighted by molar-refractivity contribution is -0.143. The summed E-state index contributed by atoms with van der Waals surface area (Å²) >= 11 is 0. The van der Waals surface area contributed by atoms with Crippen LogP contribution in [0.25, 0.3) is 0 Å². The third-order valence-electron chi connectivity index (χ3n) is 9.59. The molecule has 3 aliphatic carbocycles.